The number of rotatable bonds is 10. The molecule has 0 aromatic rings. The number of hydrogen-bond acceptors (Lipinski definition) is 3. The number of nitrogens with one attached hydrogen (secondary N) is 1. The maximum absolute atomic E-state index is 12.1. The summed E-state index contributed by atoms with van der Waals surface area (Å²) >= 11 is 0. The van der Waals surface area contributed by atoms with Gasteiger partial charge in [0.05, 0.1) is 0 Å². The Bertz CT molecular complexity index is 317. The third-order valence-corrected chi connectivity index (χ3v) is 3.72. The van der Waals surface area contributed by atoms with Crippen molar-refractivity contribution in [2.24, 2.45) is 0 Å². The Hall–Kier alpha value is -1.30. The molecule has 21 heavy (non-hydrogen) atoms. The van der Waals surface area contributed by atoms with Crippen molar-refractivity contribution in [2.75, 3.05) is 26.3 Å². The average Bonchev–Trinajstić information content (AvgIpc) is 2.97. The fraction of sp³-hybridized carbons (Fsp3) is 0.867. The van der Waals surface area contributed by atoms with E-state index in [9.17, 15) is 9.59 Å². The number of urea groups is 1. The topological polar surface area (TPSA) is 78.9 Å². The standard InChI is InChI=1S/C15H28N2O4/c1-2-3-10-21-11-6-9-16-15(20)17(12-14(18)19)13-7-4-5-8-13/h13H,2-12H2,1H3,(H,16,20)(H,18,19). The number of ether oxygens (including phenoxy) is 1. The molecule has 1 aliphatic rings. The van der Waals surface area contributed by atoms with E-state index >= 15 is 0 Å². The first-order valence-corrected chi connectivity index (χ1v) is 7.99. The zero-order chi connectivity index (χ0) is 15.5. The van der Waals surface area contributed by atoms with Crippen LogP contribution in [0.2, 0.25) is 0 Å². The minimum absolute atomic E-state index is 0.0712. The molecule has 0 atom stereocenters. The van der Waals surface area contributed by atoms with Gasteiger partial charge in [-0.1, -0.05) is 26.2 Å². The molecule has 2 N–H and O–H groups in total. The fourth-order valence-electron chi connectivity index (χ4n) is 2.55. The molecule has 0 saturated heterocycles. The van der Waals surface area contributed by atoms with Gasteiger partial charge in [-0.2, -0.15) is 0 Å². The number of unbranched alkanes of at least 4 members (excludes halogenated alkanes) is 1. The third kappa shape index (κ3) is 7.32. The molecule has 0 aromatic heterocycles. The lowest BCUT2D eigenvalue weighted by Crippen LogP contribution is -2.47. The van der Waals surface area contributed by atoms with Crippen molar-refractivity contribution >= 4 is 12.0 Å². The van der Waals surface area contributed by atoms with Gasteiger partial charge >= 0.3 is 12.0 Å². The summed E-state index contributed by atoms with van der Waals surface area (Å²) in [4.78, 5) is 24.5. The van der Waals surface area contributed by atoms with E-state index in [1.807, 2.05) is 0 Å². The highest BCUT2D eigenvalue weighted by molar-refractivity contribution is 5.80. The second-order valence-electron chi connectivity index (χ2n) is 5.51. The van der Waals surface area contributed by atoms with Gasteiger partial charge in [0.2, 0.25) is 0 Å². The average molecular weight is 300 g/mol. The molecule has 0 unspecified atom stereocenters. The third-order valence-electron chi connectivity index (χ3n) is 3.72. The van der Waals surface area contributed by atoms with E-state index in [1.54, 1.807) is 0 Å². The van der Waals surface area contributed by atoms with E-state index in [0.717, 1.165) is 51.6 Å². The number of nitrogens with zero attached hydrogens (tertiary/aromatic N) is 1. The van der Waals surface area contributed by atoms with Crippen LogP contribution in [0.5, 0.6) is 0 Å². The molecule has 1 saturated carbocycles. The van der Waals surface area contributed by atoms with Gasteiger partial charge in [0, 0.05) is 25.8 Å². The highest BCUT2D eigenvalue weighted by Gasteiger charge is 2.27. The van der Waals surface area contributed by atoms with Crippen LogP contribution in [0.1, 0.15) is 51.9 Å². The molecule has 0 heterocycles. The van der Waals surface area contributed by atoms with Gasteiger partial charge < -0.3 is 20.1 Å². The Morgan fingerprint density at radius 1 is 1.24 bits per heavy atom. The Labute approximate surface area is 126 Å². The van der Waals surface area contributed by atoms with Crippen molar-refractivity contribution in [3.63, 3.8) is 0 Å². The van der Waals surface area contributed by atoms with Crippen molar-refractivity contribution in [3.05, 3.63) is 0 Å². The lowest BCUT2D eigenvalue weighted by atomic mass is 10.2. The van der Waals surface area contributed by atoms with E-state index in [4.69, 9.17) is 9.84 Å². The van der Waals surface area contributed by atoms with Crippen LogP contribution in [0, 0.1) is 0 Å². The summed E-state index contributed by atoms with van der Waals surface area (Å²) < 4.78 is 5.42. The van der Waals surface area contributed by atoms with Gasteiger partial charge in [-0.3, -0.25) is 4.79 Å². The van der Waals surface area contributed by atoms with Crippen molar-refractivity contribution in [2.45, 2.75) is 57.9 Å². The molecule has 0 aromatic carbocycles. The summed E-state index contributed by atoms with van der Waals surface area (Å²) in [6, 6.07) is -0.195. The van der Waals surface area contributed by atoms with Crippen molar-refractivity contribution in [1.82, 2.24) is 10.2 Å². The minimum Gasteiger partial charge on any atom is -0.480 e. The highest BCUT2D eigenvalue weighted by Crippen LogP contribution is 2.23. The van der Waals surface area contributed by atoms with Crippen molar-refractivity contribution in [3.8, 4) is 0 Å². The van der Waals surface area contributed by atoms with E-state index in [2.05, 4.69) is 12.2 Å². The number of carboxylic acid groups (broad SMARTS) is 1. The zero-order valence-electron chi connectivity index (χ0n) is 13.0. The molecule has 1 fully saturated rings. The van der Waals surface area contributed by atoms with Crippen LogP contribution in [-0.4, -0.2) is 54.4 Å². The maximum Gasteiger partial charge on any atom is 0.323 e. The second kappa shape index (κ2) is 10.4. The number of carboxylic acids is 1. The van der Waals surface area contributed by atoms with E-state index in [0.29, 0.717) is 13.2 Å². The molecular weight excluding hydrogens is 272 g/mol. The molecule has 1 rings (SSSR count). The molecule has 0 bridgehead atoms. The predicted molar refractivity (Wildman–Crippen MR) is 80.3 cm³/mol. The molecule has 2 amide bonds. The summed E-state index contributed by atoms with van der Waals surface area (Å²) in [6.07, 6.45) is 6.87. The minimum atomic E-state index is -0.958. The van der Waals surface area contributed by atoms with Crippen molar-refractivity contribution < 1.29 is 19.4 Å². The van der Waals surface area contributed by atoms with Gasteiger partial charge in [-0.15, -0.1) is 0 Å². The van der Waals surface area contributed by atoms with Crippen LogP contribution in [0.3, 0.4) is 0 Å². The maximum atomic E-state index is 12.1. The summed E-state index contributed by atoms with van der Waals surface area (Å²) in [5, 5.41) is 11.7. The SMILES string of the molecule is CCCCOCCCNC(=O)N(CC(=O)O)C1CCCC1. The van der Waals surface area contributed by atoms with E-state index in [-0.39, 0.29) is 18.6 Å². The Morgan fingerprint density at radius 2 is 1.90 bits per heavy atom. The van der Waals surface area contributed by atoms with Crippen LogP contribution < -0.4 is 5.32 Å². The molecule has 0 spiro atoms. The van der Waals surface area contributed by atoms with Crippen LogP contribution >= 0.6 is 0 Å². The monoisotopic (exact) mass is 300 g/mol. The molecule has 0 aliphatic heterocycles. The smallest absolute Gasteiger partial charge is 0.323 e. The van der Waals surface area contributed by atoms with E-state index < -0.39 is 5.97 Å². The Balaban J connectivity index is 2.23. The number of carbonyl (C=O) groups is 2. The molecule has 6 nitrogen and oxygen atoms in total. The van der Waals surface area contributed by atoms with Gasteiger partial charge in [0.1, 0.15) is 6.54 Å². The summed E-state index contributed by atoms with van der Waals surface area (Å²) in [5.41, 5.74) is 0. The summed E-state index contributed by atoms with van der Waals surface area (Å²) in [6.45, 7) is 3.81. The van der Waals surface area contributed by atoms with Gasteiger partial charge in [0.15, 0.2) is 0 Å². The van der Waals surface area contributed by atoms with Crippen LogP contribution in [0.15, 0.2) is 0 Å². The van der Waals surface area contributed by atoms with Crippen LogP contribution in [-0.2, 0) is 9.53 Å². The molecule has 0 radical (unpaired) electrons. The first kappa shape index (κ1) is 17.8. The lowest BCUT2D eigenvalue weighted by Gasteiger charge is -2.27. The predicted octanol–water partition coefficient (Wildman–Crippen LogP) is 2.23. The van der Waals surface area contributed by atoms with Crippen molar-refractivity contribution in [1.29, 1.82) is 0 Å². The first-order valence-electron chi connectivity index (χ1n) is 7.99. The quantitative estimate of drug-likeness (QED) is 0.606. The largest absolute Gasteiger partial charge is 0.480 e. The number of hydrogen-bond donors (Lipinski definition) is 2. The van der Waals surface area contributed by atoms with Gasteiger partial charge in [-0.05, 0) is 25.7 Å². The normalized spacial score (nSPS) is 15.1. The first-order chi connectivity index (χ1) is 10.1. The van der Waals surface area contributed by atoms with E-state index in [1.165, 1.54) is 4.90 Å². The number of aliphatic carboxylic acids is 1. The van der Waals surface area contributed by atoms with Crippen LogP contribution in [0.4, 0.5) is 4.79 Å². The summed E-state index contributed by atoms with van der Waals surface area (Å²) in [5.74, 6) is -0.958. The van der Waals surface area contributed by atoms with Crippen LogP contribution in [0.25, 0.3) is 0 Å². The Morgan fingerprint density at radius 3 is 2.52 bits per heavy atom. The Kier molecular flexibility index (Phi) is 8.82. The zero-order valence-corrected chi connectivity index (χ0v) is 13.0. The molecule has 6 heteroatoms. The number of amides is 2. The molecule has 122 valence electrons. The van der Waals surface area contributed by atoms with Gasteiger partial charge in [-0.25, -0.2) is 4.79 Å². The van der Waals surface area contributed by atoms with Gasteiger partial charge in [0.25, 0.3) is 0 Å². The second-order valence-corrected chi connectivity index (χ2v) is 5.51. The summed E-state index contributed by atoms with van der Waals surface area (Å²) in [7, 11) is 0. The molecular formula is C15H28N2O4. The fourth-order valence-corrected chi connectivity index (χ4v) is 2.55. The molecule has 1 aliphatic carbocycles. The highest BCUT2D eigenvalue weighted by atomic mass is 16.5. The lowest BCUT2D eigenvalue weighted by molar-refractivity contribution is -0.138. The number of carbonyl (C=O) groups excluding carboxylic acids is 1.